The van der Waals surface area contributed by atoms with Crippen LogP contribution in [0, 0.1) is 0 Å². The van der Waals surface area contributed by atoms with Crippen LogP contribution in [0.3, 0.4) is 0 Å². The standard InChI is InChI=1S/C28H27N3O6/c1-2-14-35-21-7-4-19(5-8-21)25-24(26(32)20-6-9-22-23(17-20)37-16-15-36-22)27(33)28(34)31(25)12-3-11-30-13-10-29-18-30/h2,4-10,13,17-18,25,32H,1,3,11-12,14-16H2/t25-/m0/s1. The fraction of sp³-hybridized carbons (Fsp3) is 0.250. The molecule has 9 nitrogen and oxygen atoms in total. The molecule has 2 aromatic carbocycles. The maximum atomic E-state index is 13.3. The first-order chi connectivity index (χ1) is 18.1. The van der Waals surface area contributed by atoms with Crippen LogP contribution in [0.5, 0.6) is 17.2 Å². The van der Waals surface area contributed by atoms with Crippen LogP contribution in [0.4, 0.5) is 0 Å². The van der Waals surface area contributed by atoms with Crippen molar-refractivity contribution < 1.29 is 28.9 Å². The van der Waals surface area contributed by atoms with Gasteiger partial charge in [0.25, 0.3) is 11.7 Å². The van der Waals surface area contributed by atoms with Crippen LogP contribution in [-0.2, 0) is 16.1 Å². The van der Waals surface area contributed by atoms with Gasteiger partial charge in [-0.15, -0.1) is 0 Å². The smallest absolute Gasteiger partial charge is 0.295 e. The summed E-state index contributed by atoms with van der Waals surface area (Å²) in [6, 6.07) is 11.3. The molecule has 1 amide bonds. The fourth-order valence-corrected chi connectivity index (χ4v) is 4.55. The number of ketones is 1. The van der Waals surface area contributed by atoms with Gasteiger partial charge >= 0.3 is 0 Å². The number of carbonyl (C=O) groups excluding carboxylic acids is 2. The maximum absolute atomic E-state index is 13.3. The topological polar surface area (TPSA) is 103 Å². The third kappa shape index (κ3) is 4.93. The summed E-state index contributed by atoms with van der Waals surface area (Å²) in [6.07, 6.45) is 7.49. The van der Waals surface area contributed by atoms with E-state index < -0.39 is 17.7 Å². The van der Waals surface area contributed by atoms with Gasteiger partial charge in [-0.25, -0.2) is 4.98 Å². The van der Waals surface area contributed by atoms with Gasteiger partial charge in [-0.3, -0.25) is 9.59 Å². The SMILES string of the molecule is C=CCOc1ccc([C@H]2C(=C(O)c3ccc4c(c3)OCCO4)C(=O)C(=O)N2CCCn2ccnc2)cc1. The molecule has 1 fully saturated rings. The number of ether oxygens (including phenoxy) is 3. The molecule has 2 aliphatic heterocycles. The van der Waals surface area contributed by atoms with Crippen LogP contribution in [0.2, 0.25) is 0 Å². The minimum absolute atomic E-state index is 0.0315. The third-order valence-electron chi connectivity index (χ3n) is 6.29. The van der Waals surface area contributed by atoms with Gasteiger partial charge in [0.1, 0.15) is 31.3 Å². The summed E-state index contributed by atoms with van der Waals surface area (Å²) in [7, 11) is 0. The zero-order chi connectivity index (χ0) is 25.8. The number of fused-ring (bicyclic) bond motifs is 1. The van der Waals surface area contributed by atoms with Crippen molar-refractivity contribution in [3.8, 4) is 17.2 Å². The number of aryl methyl sites for hydroxylation is 1. The van der Waals surface area contributed by atoms with E-state index in [0.29, 0.717) is 67.7 Å². The van der Waals surface area contributed by atoms with Crippen LogP contribution < -0.4 is 14.2 Å². The minimum atomic E-state index is -0.760. The lowest BCUT2D eigenvalue weighted by Crippen LogP contribution is -2.31. The van der Waals surface area contributed by atoms with E-state index in [-0.39, 0.29) is 11.3 Å². The van der Waals surface area contributed by atoms with E-state index in [2.05, 4.69) is 11.6 Å². The predicted molar refractivity (Wildman–Crippen MR) is 135 cm³/mol. The maximum Gasteiger partial charge on any atom is 0.295 e. The summed E-state index contributed by atoms with van der Waals surface area (Å²) < 4.78 is 18.7. The Morgan fingerprint density at radius 1 is 1.11 bits per heavy atom. The number of likely N-dealkylation sites (tertiary alicyclic amines) is 1. The molecule has 1 N–H and O–H groups in total. The Morgan fingerprint density at radius 3 is 2.62 bits per heavy atom. The first-order valence-corrected chi connectivity index (χ1v) is 12.0. The van der Waals surface area contributed by atoms with Crippen molar-refractivity contribution in [3.05, 3.63) is 90.5 Å². The second-order valence-corrected chi connectivity index (χ2v) is 8.67. The molecule has 2 aliphatic rings. The van der Waals surface area contributed by atoms with Gasteiger partial charge in [-0.1, -0.05) is 24.8 Å². The number of hydrogen-bond donors (Lipinski definition) is 1. The summed E-state index contributed by atoms with van der Waals surface area (Å²) in [6.45, 7) is 5.79. The van der Waals surface area contributed by atoms with Crippen LogP contribution in [0.1, 0.15) is 23.6 Å². The van der Waals surface area contributed by atoms with Gasteiger partial charge in [0.05, 0.1) is 17.9 Å². The molecule has 190 valence electrons. The number of imidazole rings is 1. The average Bonchev–Trinajstić information content (AvgIpc) is 3.54. The van der Waals surface area contributed by atoms with Crippen LogP contribution >= 0.6 is 0 Å². The second-order valence-electron chi connectivity index (χ2n) is 8.67. The van der Waals surface area contributed by atoms with Crippen LogP contribution in [0.15, 0.2) is 79.4 Å². The summed E-state index contributed by atoms with van der Waals surface area (Å²) >= 11 is 0. The second kappa shape index (κ2) is 10.6. The normalized spacial score (nSPS) is 18.2. The molecule has 0 bridgehead atoms. The molecule has 0 spiro atoms. The zero-order valence-corrected chi connectivity index (χ0v) is 20.2. The first-order valence-electron chi connectivity index (χ1n) is 12.0. The molecule has 3 heterocycles. The number of Topliss-reactive ketones (excluding diaryl/α,β-unsaturated/α-hetero) is 1. The number of aliphatic hydroxyl groups is 1. The van der Waals surface area contributed by atoms with Crippen molar-refractivity contribution in [1.82, 2.24) is 14.5 Å². The lowest BCUT2D eigenvalue weighted by Gasteiger charge is -2.26. The molecule has 0 aliphatic carbocycles. The molecule has 5 rings (SSSR count). The number of carbonyl (C=O) groups is 2. The van der Waals surface area contributed by atoms with Crippen molar-refractivity contribution in [3.63, 3.8) is 0 Å². The Balaban J connectivity index is 1.51. The Hall–Kier alpha value is -4.53. The van der Waals surface area contributed by atoms with E-state index in [1.54, 1.807) is 61.1 Å². The molecule has 9 heteroatoms. The molecule has 3 aromatic rings. The van der Waals surface area contributed by atoms with E-state index in [4.69, 9.17) is 14.2 Å². The molecule has 1 saturated heterocycles. The van der Waals surface area contributed by atoms with Crippen LogP contribution in [0.25, 0.3) is 5.76 Å². The summed E-state index contributed by atoms with van der Waals surface area (Å²) in [4.78, 5) is 32.0. The monoisotopic (exact) mass is 501 g/mol. The van der Waals surface area contributed by atoms with Crippen molar-refractivity contribution in [2.75, 3.05) is 26.4 Å². The Labute approximate surface area is 214 Å². The summed E-state index contributed by atoms with van der Waals surface area (Å²) in [5.74, 6) is 0.0326. The van der Waals surface area contributed by atoms with E-state index in [9.17, 15) is 14.7 Å². The number of hydrogen-bond acceptors (Lipinski definition) is 7. The molecule has 0 saturated carbocycles. The summed E-state index contributed by atoms with van der Waals surface area (Å²) in [5.41, 5.74) is 1.09. The first kappa shape index (κ1) is 24.2. The molecular weight excluding hydrogens is 474 g/mol. The van der Waals surface area contributed by atoms with Crippen molar-refractivity contribution in [2.45, 2.75) is 19.0 Å². The largest absolute Gasteiger partial charge is 0.507 e. The van der Waals surface area contributed by atoms with E-state index in [1.165, 1.54) is 4.90 Å². The molecule has 37 heavy (non-hydrogen) atoms. The van der Waals surface area contributed by atoms with Crippen molar-refractivity contribution in [1.29, 1.82) is 0 Å². The molecule has 0 radical (unpaired) electrons. The number of amides is 1. The highest BCUT2D eigenvalue weighted by molar-refractivity contribution is 6.46. The predicted octanol–water partition coefficient (Wildman–Crippen LogP) is 3.73. The molecule has 1 aromatic heterocycles. The lowest BCUT2D eigenvalue weighted by molar-refractivity contribution is -0.139. The fourth-order valence-electron chi connectivity index (χ4n) is 4.55. The summed E-state index contributed by atoms with van der Waals surface area (Å²) in [5, 5.41) is 11.3. The average molecular weight is 502 g/mol. The van der Waals surface area contributed by atoms with Crippen molar-refractivity contribution in [2.24, 2.45) is 0 Å². The number of nitrogens with zero attached hydrogens (tertiary/aromatic N) is 3. The number of benzene rings is 2. The molecular formula is C28H27N3O6. The number of aliphatic hydroxyl groups excluding tert-OH is 1. The minimum Gasteiger partial charge on any atom is -0.507 e. The quantitative estimate of drug-likeness (QED) is 0.206. The van der Waals surface area contributed by atoms with E-state index in [1.807, 2.05) is 10.8 Å². The van der Waals surface area contributed by atoms with E-state index >= 15 is 0 Å². The van der Waals surface area contributed by atoms with Gasteiger partial charge < -0.3 is 28.8 Å². The number of aromatic nitrogens is 2. The van der Waals surface area contributed by atoms with Crippen molar-refractivity contribution >= 4 is 17.4 Å². The highest BCUT2D eigenvalue weighted by Gasteiger charge is 2.45. The van der Waals surface area contributed by atoms with Gasteiger partial charge in [0.2, 0.25) is 0 Å². The third-order valence-corrected chi connectivity index (χ3v) is 6.29. The van der Waals surface area contributed by atoms with Gasteiger partial charge in [0.15, 0.2) is 11.5 Å². The number of rotatable bonds is 9. The van der Waals surface area contributed by atoms with Crippen LogP contribution in [-0.4, -0.2) is 57.6 Å². The Bertz CT molecular complexity index is 1330. The molecule has 1 atom stereocenters. The Morgan fingerprint density at radius 2 is 1.89 bits per heavy atom. The lowest BCUT2D eigenvalue weighted by atomic mass is 9.95. The Kier molecular flexibility index (Phi) is 6.93. The van der Waals surface area contributed by atoms with E-state index in [0.717, 1.165) is 0 Å². The van der Waals surface area contributed by atoms with Gasteiger partial charge in [-0.05, 0) is 42.3 Å². The zero-order valence-electron chi connectivity index (χ0n) is 20.2. The highest BCUT2D eigenvalue weighted by Crippen LogP contribution is 2.41. The van der Waals surface area contributed by atoms with Gasteiger partial charge in [-0.2, -0.15) is 0 Å². The van der Waals surface area contributed by atoms with Gasteiger partial charge in [0, 0.05) is 31.0 Å². The highest BCUT2D eigenvalue weighted by atomic mass is 16.6. The molecule has 0 unspecified atom stereocenters.